The molecular formula is C38H74O15. The highest BCUT2D eigenvalue weighted by molar-refractivity contribution is 5.75. The van der Waals surface area contributed by atoms with Crippen LogP contribution in [0.25, 0.3) is 0 Å². The molecule has 3 rings (SSSR count). The molecule has 3 saturated heterocycles. The number of aliphatic hydroxyl groups excluding tert-OH is 4. The number of aldehydes is 1. The van der Waals surface area contributed by atoms with Crippen molar-refractivity contribution in [1.29, 1.82) is 0 Å². The molecule has 15 nitrogen and oxygen atoms in total. The number of carbonyl (C=O) groups excluding carboxylic acids is 2. The molecule has 3 aliphatic rings. The Labute approximate surface area is 318 Å². The highest BCUT2D eigenvalue weighted by Crippen LogP contribution is 2.36. The molecule has 3 aliphatic heterocycles. The lowest BCUT2D eigenvalue weighted by atomic mass is 9.86. The average Bonchev–Trinajstić information content (AvgIpc) is 3.63. The lowest BCUT2D eigenvalue weighted by Crippen LogP contribution is -2.67. The average molecular weight is 771 g/mol. The van der Waals surface area contributed by atoms with Crippen LogP contribution in [-0.4, -0.2) is 163 Å². The van der Waals surface area contributed by atoms with Gasteiger partial charge >= 0.3 is 5.97 Å². The molecule has 53 heavy (non-hydrogen) atoms. The van der Waals surface area contributed by atoms with Crippen molar-refractivity contribution in [2.45, 2.75) is 192 Å². The number of rotatable bonds is 13. The first kappa shape index (κ1) is 51.7. The minimum Gasteiger partial charge on any atom is -0.467 e. The fourth-order valence-electron chi connectivity index (χ4n) is 5.93. The highest BCUT2D eigenvalue weighted by atomic mass is 16.6. The zero-order valence-corrected chi connectivity index (χ0v) is 35.2. The molecule has 0 amide bonds. The van der Waals surface area contributed by atoms with Gasteiger partial charge in [-0.3, -0.25) is 0 Å². The van der Waals surface area contributed by atoms with Crippen LogP contribution in [0.4, 0.5) is 0 Å². The molecule has 0 aromatic carbocycles. The van der Waals surface area contributed by atoms with Gasteiger partial charge in [0.15, 0.2) is 12.4 Å². The van der Waals surface area contributed by atoms with E-state index >= 15 is 0 Å². The molecule has 4 N–H and O–H groups in total. The molecular weight excluding hydrogens is 696 g/mol. The van der Waals surface area contributed by atoms with Crippen LogP contribution in [0.5, 0.6) is 0 Å². The fourth-order valence-corrected chi connectivity index (χ4v) is 5.93. The molecule has 0 radical (unpaired) electrons. The van der Waals surface area contributed by atoms with Gasteiger partial charge in [-0.05, 0) is 75.2 Å². The first-order chi connectivity index (χ1) is 24.6. The zero-order valence-electron chi connectivity index (χ0n) is 35.2. The van der Waals surface area contributed by atoms with Gasteiger partial charge in [-0.25, -0.2) is 4.79 Å². The molecule has 15 heteroatoms. The predicted molar refractivity (Wildman–Crippen MR) is 198 cm³/mol. The normalized spacial score (nSPS) is 32.2. The van der Waals surface area contributed by atoms with Crippen molar-refractivity contribution in [2.75, 3.05) is 41.2 Å². The lowest BCUT2D eigenvalue weighted by Gasteiger charge is -2.49. The molecule has 0 aliphatic carbocycles. The van der Waals surface area contributed by atoms with Crippen molar-refractivity contribution in [3.63, 3.8) is 0 Å². The Morgan fingerprint density at radius 2 is 1.28 bits per heavy atom. The molecule has 3 heterocycles. The van der Waals surface area contributed by atoms with Gasteiger partial charge < -0.3 is 67.9 Å². The third-order valence-corrected chi connectivity index (χ3v) is 8.79. The minimum absolute atomic E-state index is 0.156. The van der Waals surface area contributed by atoms with Gasteiger partial charge in [-0.2, -0.15) is 0 Å². The maximum Gasteiger partial charge on any atom is 0.337 e. The van der Waals surface area contributed by atoms with E-state index in [1.807, 2.05) is 27.7 Å². The van der Waals surface area contributed by atoms with Crippen LogP contribution >= 0.6 is 0 Å². The van der Waals surface area contributed by atoms with Gasteiger partial charge in [0, 0.05) is 20.8 Å². The van der Waals surface area contributed by atoms with Crippen molar-refractivity contribution >= 4 is 12.3 Å². The smallest absolute Gasteiger partial charge is 0.337 e. The molecule has 0 spiro atoms. The van der Waals surface area contributed by atoms with E-state index in [-0.39, 0.29) is 6.61 Å². The van der Waals surface area contributed by atoms with Crippen LogP contribution in [-0.2, 0) is 52.2 Å². The minimum atomic E-state index is -1.55. The topological polar surface area (TPSA) is 198 Å². The lowest BCUT2D eigenvalue weighted by molar-refractivity contribution is -0.299. The van der Waals surface area contributed by atoms with Gasteiger partial charge in [0.2, 0.25) is 0 Å². The molecule has 0 aromatic heterocycles. The SMILES string of the molecule is CC.CC.COC(=O)C1OC(C(C)(C)OC)C(O)C(O)[C@@H]1OC(C)(C)COC(C)(C)C1OC(C=O)[C@@H](OC(C)(C)C)C(O)C1O.COCC1CCCO1. The Morgan fingerprint density at radius 3 is 1.72 bits per heavy atom. The number of methoxy groups -OCH3 is 3. The molecule has 0 aromatic rings. The van der Waals surface area contributed by atoms with Gasteiger partial charge in [0.05, 0.1) is 48.8 Å². The first-order valence-corrected chi connectivity index (χ1v) is 18.8. The summed E-state index contributed by atoms with van der Waals surface area (Å²) in [5.74, 6) is -0.811. The maximum atomic E-state index is 12.6. The maximum absolute atomic E-state index is 12.6. The van der Waals surface area contributed by atoms with E-state index in [1.165, 1.54) is 27.1 Å². The summed E-state index contributed by atoms with van der Waals surface area (Å²) in [6.07, 6.45) is -9.79. The second-order valence-corrected chi connectivity index (χ2v) is 15.4. The van der Waals surface area contributed by atoms with E-state index in [1.54, 1.807) is 69.4 Å². The molecule has 316 valence electrons. The van der Waals surface area contributed by atoms with Crippen molar-refractivity contribution < 1.29 is 72.6 Å². The second kappa shape index (κ2) is 23.0. The number of hydrogen-bond donors (Lipinski definition) is 4. The standard InChI is InChI=1S/C28H50O13.C6H12O2.2C2H6/c1-25(2,3)40-19-14(12-29)38-23(17(32)15(19)30)28(8,9)37-13-26(4,5)41-20-16(31)18(33)22(27(6,7)36-11)39-21(20)24(34)35-10;1-7-5-6-3-2-4-8-6;2*1-2/h12,14-23,30-33H,13H2,1-11H3;6H,2-5H2,1H3;2*1-2H3/t14?,15?,16?,17?,18?,19-,20+,21?,22?,23?;;;/m1.../s1. The van der Waals surface area contributed by atoms with Crippen molar-refractivity contribution in [3.05, 3.63) is 0 Å². The van der Waals surface area contributed by atoms with Crippen molar-refractivity contribution in [1.82, 2.24) is 0 Å². The van der Waals surface area contributed by atoms with Crippen LogP contribution in [0.1, 0.15) is 103 Å². The summed E-state index contributed by atoms with van der Waals surface area (Å²) in [4.78, 5) is 24.5. The number of esters is 1. The monoisotopic (exact) mass is 771 g/mol. The Morgan fingerprint density at radius 1 is 0.755 bits per heavy atom. The van der Waals surface area contributed by atoms with E-state index in [4.69, 9.17) is 42.6 Å². The summed E-state index contributed by atoms with van der Waals surface area (Å²) in [6, 6.07) is 0. The summed E-state index contributed by atoms with van der Waals surface area (Å²) in [7, 11) is 4.30. The molecule has 3 fully saturated rings. The van der Waals surface area contributed by atoms with Crippen LogP contribution in [0.2, 0.25) is 0 Å². The molecule has 9 unspecified atom stereocenters. The Balaban J connectivity index is 0.00000193. The number of ether oxygens (including phenoxy) is 9. The third-order valence-electron chi connectivity index (χ3n) is 8.79. The molecule has 0 saturated carbocycles. The zero-order chi connectivity index (χ0) is 41.5. The van der Waals surface area contributed by atoms with Crippen LogP contribution in [0, 0.1) is 0 Å². The molecule has 11 atom stereocenters. The second-order valence-electron chi connectivity index (χ2n) is 15.4. The highest BCUT2D eigenvalue weighted by Gasteiger charge is 2.55. The Bertz CT molecular complexity index is 1020. The number of hydrogen-bond acceptors (Lipinski definition) is 15. The Kier molecular flexibility index (Phi) is 22.4. The largest absolute Gasteiger partial charge is 0.467 e. The quantitative estimate of drug-likeness (QED) is 0.157. The van der Waals surface area contributed by atoms with E-state index < -0.39 is 89.4 Å². The van der Waals surface area contributed by atoms with Gasteiger partial charge in [0.1, 0.15) is 54.9 Å². The van der Waals surface area contributed by atoms with Gasteiger partial charge in [-0.1, -0.05) is 27.7 Å². The van der Waals surface area contributed by atoms with Crippen LogP contribution in [0.3, 0.4) is 0 Å². The van der Waals surface area contributed by atoms with E-state index in [9.17, 15) is 30.0 Å². The summed E-state index contributed by atoms with van der Waals surface area (Å²) < 4.78 is 50.2. The van der Waals surface area contributed by atoms with E-state index in [0.29, 0.717) is 12.4 Å². The van der Waals surface area contributed by atoms with Crippen LogP contribution < -0.4 is 0 Å². The Hall–Kier alpha value is -1.34. The summed E-state index contributed by atoms with van der Waals surface area (Å²) in [6.45, 7) is 24.6. The third kappa shape index (κ3) is 15.3. The summed E-state index contributed by atoms with van der Waals surface area (Å²) in [5.41, 5.74) is -4.21. The number of aliphatic hydroxyl groups is 4. The van der Waals surface area contributed by atoms with E-state index in [0.717, 1.165) is 13.2 Å². The predicted octanol–water partition coefficient (Wildman–Crippen LogP) is 2.77. The number of carbonyl (C=O) groups is 2. The summed E-state index contributed by atoms with van der Waals surface area (Å²) >= 11 is 0. The molecule has 0 bridgehead atoms. The van der Waals surface area contributed by atoms with E-state index in [2.05, 4.69) is 0 Å². The summed E-state index contributed by atoms with van der Waals surface area (Å²) in [5, 5.41) is 43.6. The van der Waals surface area contributed by atoms with Gasteiger partial charge in [-0.15, -0.1) is 0 Å². The fraction of sp³-hybridized carbons (Fsp3) is 0.947. The van der Waals surface area contributed by atoms with Crippen molar-refractivity contribution in [2.24, 2.45) is 0 Å². The van der Waals surface area contributed by atoms with Crippen LogP contribution in [0.15, 0.2) is 0 Å². The first-order valence-electron chi connectivity index (χ1n) is 18.8. The van der Waals surface area contributed by atoms with Gasteiger partial charge in [0.25, 0.3) is 0 Å². The van der Waals surface area contributed by atoms with Crippen molar-refractivity contribution in [3.8, 4) is 0 Å².